The second-order valence-electron chi connectivity index (χ2n) is 6.93. The normalized spacial score (nSPS) is 11.2. The Kier molecular flexibility index (Phi) is 6.34. The van der Waals surface area contributed by atoms with Crippen LogP contribution in [0.1, 0.15) is 33.5 Å². The number of sulfonamides is 1. The van der Waals surface area contributed by atoms with Crippen LogP contribution >= 0.6 is 0 Å². The van der Waals surface area contributed by atoms with Crippen molar-refractivity contribution in [3.8, 4) is 0 Å². The molecule has 0 saturated carbocycles. The molecule has 5 nitrogen and oxygen atoms in total. The third-order valence-corrected chi connectivity index (χ3v) is 6.06. The van der Waals surface area contributed by atoms with Crippen molar-refractivity contribution in [2.45, 2.75) is 31.1 Å². The van der Waals surface area contributed by atoms with Crippen molar-refractivity contribution in [3.63, 3.8) is 0 Å². The topological polar surface area (TPSA) is 83.5 Å². The van der Waals surface area contributed by atoms with Crippen LogP contribution in [0.15, 0.2) is 77.7 Å². The summed E-state index contributed by atoms with van der Waals surface area (Å²) in [6.07, 6.45) is 2.15. The lowest BCUT2D eigenvalue weighted by atomic mass is 10.0. The molecule has 0 radical (unpaired) electrons. The Labute approximate surface area is 171 Å². The average molecular weight is 410 g/mol. The highest BCUT2D eigenvalue weighted by atomic mass is 32.2. The Morgan fingerprint density at radius 3 is 2.38 bits per heavy atom. The summed E-state index contributed by atoms with van der Waals surface area (Å²) in [5, 5.41) is 9.10. The molecular weight excluding hydrogens is 386 g/mol. The zero-order valence-corrected chi connectivity index (χ0v) is 16.9. The van der Waals surface area contributed by atoms with E-state index >= 15 is 0 Å². The molecule has 0 aliphatic heterocycles. The zero-order valence-electron chi connectivity index (χ0n) is 16.1. The van der Waals surface area contributed by atoms with Gasteiger partial charge in [-0.1, -0.05) is 48.0 Å². The second kappa shape index (κ2) is 8.92. The molecule has 0 unspecified atom stereocenters. The smallest absolute Gasteiger partial charge is 0.335 e. The van der Waals surface area contributed by atoms with Crippen molar-refractivity contribution in [2.75, 3.05) is 4.72 Å². The van der Waals surface area contributed by atoms with Crippen molar-refractivity contribution in [1.29, 1.82) is 0 Å². The number of aryl methyl sites for hydroxylation is 3. The first-order valence-electron chi connectivity index (χ1n) is 9.35. The molecule has 0 aliphatic rings. The maximum atomic E-state index is 12.7. The minimum atomic E-state index is -3.66. The molecule has 150 valence electrons. The van der Waals surface area contributed by atoms with Gasteiger partial charge in [0.15, 0.2) is 0 Å². The molecule has 3 aromatic carbocycles. The molecule has 0 spiro atoms. The number of hydrogen-bond donors (Lipinski definition) is 2. The minimum Gasteiger partial charge on any atom is -0.478 e. The molecule has 0 fully saturated rings. The van der Waals surface area contributed by atoms with Crippen LogP contribution in [-0.2, 0) is 22.9 Å². The van der Waals surface area contributed by atoms with E-state index < -0.39 is 16.0 Å². The molecule has 2 N–H and O–H groups in total. The molecule has 0 bridgehead atoms. The second-order valence-corrected chi connectivity index (χ2v) is 8.62. The number of rotatable bonds is 8. The minimum absolute atomic E-state index is 0.225. The Morgan fingerprint density at radius 2 is 1.66 bits per heavy atom. The summed E-state index contributed by atoms with van der Waals surface area (Å²) in [6, 6.07) is 20.9. The van der Waals surface area contributed by atoms with Crippen molar-refractivity contribution in [2.24, 2.45) is 0 Å². The van der Waals surface area contributed by atoms with Gasteiger partial charge < -0.3 is 5.11 Å². The van der Waals surface area contributed by atoms with Gasteiger partial charge in [0.2, 0.25) is 0 Å². The average Bonchev–Trinajstić information content (AvgIpc) is 2.69. The van der Waals surface area contributed by atoms with Gasteiger partial charge >= 0.3 is 5.97 Å². The van der Waals surface area contributed by atoms with Gasteiger partial charge in [0.25, 0.3) is 10.0 Å². The first kappa shape index (κ1) is 20.6. The number of benzene rings is 3. The van der Waals surface area contributed by atoms with Crippen LogP contribution in [0.4, 0.5) is 5.69 Å². The predicted octanol–water partition coefficient (Wildman–Crippen LogP) is 4.67. The van der Waals surface area contributed by atoms with Crippen molar-refractivity contribution >= 4 is 21.7 Å². The largest absolute Gasteiger partial charge is 0.478 e. The van der Waals surface area contributed by atoms with Crippen molar-refractivity contribution in [3.05, 3.63) is 95.1 Å². The van der Waals surface area contributed by atoms with Crippen LogP contribution in [0.3, 0.4) is 0 Å². The van der Waals surface area contributed by atoms with Gasteiger partial charge in [0, 0.05) is 0 Å². The van der Waals surface area contributed by atoms with Gasteiger partial charge in [-0.25, -0.2) is 13.2 Å². The number of hydrogen-bond acceptors (Lipinski definition) is 3. The maximum Gasteiger partial charge on any atom is 0.335 e. The van der Waals surface area contributed by atoms with E-state index in [-0.39, 0.29) is 10.5 Å². The molecule has 6 heteroatoms. The summed E-state index contributed by atoms with van der Waals surface area (Å²) in [5.41, 5.74) is 3.68. The molecule has 3 aromatic rings. The fraction of sp³-hybridized carbons (Fsp3) is 0.174. The monoisotopic (exact) mass is 409 g/mol. The molecule has 0 amide bonds. The van der Waals surface area contributed by atoms with Gasteiger partial charge in [-0.05, 0) is 67.6 Å². The third kappa shape index (κ3) is 5.45. The SMILES string of the molecule is Cc1ccc(S(=O)(=O)Nc2ccccc2CCCc2cccc(C(=O)O)c2)cc1. The first-order chi connectivity index (χ1) is 13.8. The summed E-state index contributed by atoms with van der Waals surface area (Å²) in [5.74, 6) is -0.942. The highest BCUT2D eigenvalue weighted by Gasteiger charge is 2.15. The standard InChI is InChI=1S/C23H23NO4S/c1-17-12-14-21(15-13-17)29(27,28)24-22-11-3-2-8-19(22)9-4-6-18-7-5-10-20(16-18)23(25)26/h2-3,5,7-8,10-16,24H,4,6,9H2,1H3,(H,25,26). The Balaban J connectivity index is 1.70. The van der Waals surface area contributed by atoms with Crippen molar-refractivity contribution in [1.82, 2.24) is 0 Å². The van der Waals surface area contributed by atoms with Crippen LogP contribution in [0.2, 0.25) is 0 Å². The highest BCUT2D eigenvalue weighted by Crippen LogP contribution is 2.22. The fourth-order valence-electron chi connectivity index (χ4n) is 3.10. The summed E-state index contributed by atoms with van der Waals surface area (Å²) >= 11 is 0. The number of carboxylic acid groups (broad SMARTS) is 1. The molecular formula is C23H23NO4S. The maximum absolute atomic E-state index is 12.7. The van der Waals surface area contributed by atoms with Crippen LogP contribution in [-0.4, -0.2) is 19.5 Å². The number of para-hydroxylation sites is 1. The van der Waals surface area contributed by atoms with Gasteiger partial charge in [-0.2, -0.15) is 0 Å². The lowest BCUT2D eigenvalue weighted by Gasteiger charge is -2.13. The van der Waals surface area contributed by atoms with Gasteiger partial charge in [0.05, 0.1) is 16.1 Å². The van der Waals surface area contributed by atoms with E-state index in [0.29, 0.717) is 18.5 Å². The Hall–Kier alpha value is -3.12. The molecule has 0 aliphatic carbocycles. The van der Waals surface area contributed by atoms with E-state index in [0.717, 1.165) is 23.1 Å². The van der Waals surface area contributed by atoms with E-state index in [1.165, 1.54) is 0 Å². The van der Waals surface area contributed by atoms with E-state index in [1.807, 2.05) is 25.1 Å². The van der Waals surface area contributed by atoms with E-state index in [4.69, 9.17) is 5.11 Å². The van der Waals surface area contributed by atoms with Crippen LogP contribution < -0.4 is 4.72 Å². The number of anilines is 1. The van der Waals surface area contributed by atoms with Gasteiger partial charge in [0.1, 0.15) is 0 Å². The Morgan fingerprint density at radius 1 is 0.931 bits per heavy atom. The molecule has 0 aromatic heterocycles. The number of carboxylic acids is 1. The highest BCUT2D eigenvalue weighted by molar-refractivity contribution is 7.92. The first-order valence-corrected chi connectivity index (χ1v) is 10.8. The summed E-state index contributed by atoms with van der Waals surface area (Å²) in [4.78, 5) is 11.3. The summed E-state index contributed by atoms with van der Waals surface area (Å²) in [7, 11) is -3.66. The van der Waals surface area contributed by atoms with E-state index in [2.05, 4.69) is 4.72 Å². The van der Waals surface area contributed by atoms with E-state index in [1.54, 1.807) is 54.6 Å². The number of aromatic carboxylic acids is 1. The molecule has 29 heavy (non-hydrogen) atoms. The molecule has 0 saturated heterocycles. The van der Waals surface area contributed by atoms with Crippen LogP contribution in [0.25, 0.3) is 0 Å². The summed E-state index contributed by atoms with van der Waals surface area (Å²) < 4.78 is 28.1. The van der Waals surface area contributed by atoms with Crippen LogP contribution in [0, 0.1) is 6.92 Å². The molecule has 0 atom stereocenters. The zero-order chi connectivity index (χ0) is 20.9. The number of nitrogens with one attached hydrogen (secondary N) is 1. The lowest BCUT2D eigenvalue weighted by Crippen LogP contribution is -2.14. The molecule has 3 rings (SSSR count). The van der Waals surface area contributed by atoms with Gasteiger partial charge in [-0.3, -0.25) is 4.72 Å². The van der Waals surface area contributed by atoms with Gasteiger partial charge in [-0.15, -0.1) is 0 Å². The molecule has 0 heterocycles. The summed E-state index contributed by atoms with van der Waals surface area (Å²) in [6.45, 7) is 1.91. The number of carbonyl (C=O) groups is 1. The van der Waals surface area contributed by atoms with Crippen molar-refractivity contribution < 1.29 is 18.3 Å². The van der Waals surface area contributed by atoms with Crippen LogP contribution in [0.5, 0.6) is 0 Å². The lowest BCUT2D eigenvalue weighted by molar-refractivity contribution is 0.0696. The van der Waals surface area contributed by atoms with E-state index in [9.17, 15) is 13.2 Å². The Bertz CT molecular complexity index is 1110. The third-order valence-electron chi connectivity index (χ3n) is 4.68. The predicted molar refractivity (Wildman–Crippen MR) is 114 cm³/mol. The quantitative estimate of drug-likeness (QED) is 0.566. The fourth-order valence-corrected chi connectivity index (χ4v) is 4.20.